The molecule has 4 heterocycles. The van der Waals surface area contributed by atoms with Crippen molar-refractivity contribution in [2.45, 2.75) is 46.1 Å². The van der Waals surface area contributed by atoms with Gasteiger partial charge in [-0.3, -0.25) is 4.68 Å². The number of esters is 1. The van der Waals surface area contributed by atoms with E-state index >= 15 is 0 Å². The van der Waals surface area contributed by atoms with Gasteiger partial charge in [0.05, 0.1) is 23.4 Å². The summed E-state index contributed by atoms with van der Waals surface area (Å²) in [5.74, 6) is 0.611. The zero-order chi connectivity index (χ0) is 22.0. The number of piperidine rings is 1. The Labute approximate surface area is 181 Å². The number of nitrogens with zero attached hydrogens (tertiary/aromatic N) is 6. The van der Waals surface area contributed by atoms with E-state index in [-0.39, 0.29) is 12.0 Å². The molecule has 9 nitrogen and oxygen atoms in total. The number of hydrogen-bond donors (Lipinski definition) is 1. The predicted octanol–water partition coefficient (Wildman–Crippen LogP) is 2.89. The molecule has 0 atom stereocenters. The molecule has 1 fully saturated rings. The molecular formula is C22H29N7O2. The summed E-state index contributed by atoms with van der Waals surface area (Å²) in [6.07, 6.45) is 5.98. The van der Waals surface area contributed by atoms with Gasteiger partial charge in [-0.25, -0.2) is 19.7 Å². The predicted molar refractivity (Wildman–Crippen MR) is 119 cm³/mol. The summed E-state index contributed by atoms with van der Waals surface area (Å²) in [5.41, 5.74) is 3.86. The number of ether oxygens (including phenoxy) is 1. The Morgan fingerprint density at radius 1 is 1.23 bits per heavy atom. The van der Waals surface area contributed by atoms with Gasteiger partial charge in [0, 0.05) is 44.1 Å². The minimum atomic E-state index is -0.367. The third-order valence-corrected chi connectivity index (χ3v) is 5.76. The minimum Gasteiger partial charge on any atom is -0.462 e. The van der Waals surface area contributed by atoms with Gasteiger partial charge in [-0.2, -0.15) is 5.10 Å². The maximum absolute atomic E-state index is 12.6. The second-order valence-electron chi connectivity index (χ2n) is 7.80. The summed E-state index contributed by atoms with van der Waals surface area (Å²) in [4.78, 5) is 28.1. The zero-order valence-electron chi connectivity index (χ0n) is 18.6. The van der Waals surface area contributed by atoms with Crippen molar-refractivity contribution < 1.29 is 9.53 Å². The molecule has 0 amide bonds. The molecule has 1 aliphatic rings. The van der Waals surface area contributed by atoms with Crippen LogP contribution in [0.4, 0.5) is 11.5 Å². The largest absolute Gasteiger partial charge is 0.462 e. The summed E-state index contributed by atoms with van der Waals surface area (Å²) in [6.45, 7) is 7.92. The molecule has 0 spiro atoms. The Bertz CT molecular complexity index is 1090. The molecule has 0 bridgehead atoms. The number of pyridine rings is 1. The van der Waals surface area contributed by atoms with Crippen LogP contribution in [-0.4, -0.2) is 56.4 Å². The Balaban J connectivity index is 1.57. The van der Waals surface area contributed by atoms with Gasteiger partial charge in [0.15, 0.2) is 5.65 Å². The molecule has 0 aromatic carbocycles. The highest BCUT2D eigenvalue weighted by molar-refractivity contribution is 6.05. The smallest absolute Gasteiger partial charge is 0.341 e. The third-order valence-electron chi connectivity index (χ3n) is 5.76. The van der Waals surface area contributed by atoms with Crippen molar-refractivity contribution in [1.29, 1.82) is 0 Å². The van der Waals surface area contributed by atoms with E-state index in [9.17, 15) is 4.79 Å². The van der Waals surface area contributed by atoms with Crippen LogP contribution in [0.15, 0.2) is 18.6 Å². The quantitative estimate of drug-likeness (QED) is 0.605. The van der Waals surface area contributed by atoms with E-state index in [4.69, 9.17) is 4.74 Å². The molecule has 3 aromatic heterocycles. The summed E-state index contributed by atoms with van der Waals surface area (Å²) in [7, 11) is 1.86. The fourth-order valence-electron chi connectivity index (χ4n) is 4.13. The second-order valence-corrected chi connectivity index (χ2v) is 7.80. The highest BCUT2D eigenvalue weighted by Crippen LogP contribution is 2.31. The second kappa shape index (κ2) is 8.87. The summed E-state index contributed by atoms with van der Waals surface area (Å²) in [5, 5.41) is 9.00. The first-order valence-corrected chi connectivity index (χ1v) is 10.8. The first-order chi connectivity index (χ1) is 15.0. The standard InChI is InChI=1S/C22H29N7O2/c1-5-15-11-18(25-13-24-15)29-9-7-16(8-10-29)26-20-17(22(30)31-6-2)12-23-21-19(20)14(3)27-28(21)4/h11-13,16H,5-10H2,1-4H3,(H,23,26). The number of carbonyl (C=O) groups is 1. The molecule has 164 valence electrons. The number of aromatic nitrogens is 5. The molecule has 9 heteroatoms. The average Bonchev–Trinajstić information content (AvgIpc) is 3.08. The molecule has 1 aliphatic heterocycles. The Morgan fingerprint density at radius 3 is 2.71 bits per heavy atom. The summed E-state index contributed by atoms with van der Waals surface area (Å²) >= 11 is 0. The van der Waals surface area contributed by atoms with E-state index in [1.165, 1.54) is 0 Å². The molecule has 0 radical (unpaired) electrons. The van der Waals surface area contributed by atoms with E-state index in [0.29, 0.717) is 12.2 Å². The normalized spacial score (nSPS) is 14.8. The van der Waals surface area contributed by atoms with Gasteiger partial charge in [0.2, 0.25) is 0 Å². The van der Waals surface area contributed by atoms with Gasteiger partial charge in [0.25, 0.3) is 0 Å². The van der Waals surface area contributed by atoms with Gasteiger partial charge in [-0.15, -0.1) is 0 Å². The van der Waals surface area contributed by atoms with E-state index in [0.717, 1.165) is 66.3 Å². The molecule has 3 aromatic rings. The van der Waals surface area contributed by atoms with Crippen molar-refractivity contribution in [1.82, 2.24) is 24.7 Å². The Hall–Kier alpha value is -3.23. The van der Waals surface area contributed by atoms with Gasteiger partial charge in [0.1, 0.15) is 17.7 Å². The van der Waals surface area contributed by atoms with Crippen LogP contribution >= 0.6 is 0 Å². The van der Waals surface area contributed by atoms with Crippen LogP contribution in [0.2, 0.25) is 0 Å². The van der Waals surface area contributed by atoms with Crippen molar-refractivity contribution in [2.24, 2.45) is 7.05 Å². The van der Waals surface area contributed by atoms with Crippen LogP contribution < -0.4 is 10.2 Å². The van der Waals surface area contributed by atoms with E-state index in [1.54, 1.807) is 24.1 Å². The van der Waals surface area contributed by atoms with E-state index in [1.807, 2.05) is 14.0 Å². The van der Waals surface area contributed by atoms with Crippen LogP contribution in [0.1, 0.15) is 48.4 Å². The van der Waals surface area contributed by atoms with Gasteiger partial charge in [-0.05, 0) is 33.1 Å². The lowest BCUT2D eigenvalue weighted by Crippen LogP contribution is -2.39. The summed E-state index contributed by atoms with van der Waals surface area (Å²) in [6, 6.07) is 2.29. The number of carbonyl (C=O) groups excluding carboxylic acids is 1. The van der Waals surface area contributed by atoms with Crippen LogP contribution in [0, 0.1) is 6.92 Å². The average molecular weight is 424 g/mol. The van der Waals surface area contributed by atoms with Crippen LogP contribution in [0.3, 0.4) is 0 Å². The Morgan fingerprint density at radius 2 is 2.00 bits per heavy atom. The van der Waals surface area contributed by atoms with Crippen molar-refractivity contribution in [3.63, 3.8) is 0 Å². The van der Waals surface area contributed by atoms with E-state index < -0.39 is 0 Å². The lowest BCUT2D eigenvalue weighted by Gasteiger charge is -2.34. The third kappa shape index (κ3) is 4.17. The lowest BCUT2D eigenvalue weighted by atomic mass is 10.0. The maximum Gasteiger partial charge on any atom is 0.341 e. The molecule has 0 unspecified atom stereocenters. The molecule has 0 saturated carbocycles. The Kier molecular flexibility index (Phi) is 6.01. The first-order valence-electron chi connectivity index (χ1n) is 10.8. The summed E-state index contributed by atoms with van der Waals surface area (Å²) < 4.78 is 7.03. The number of hydrogen-bond acceptors (Lipinski definition) is 8. The number of nitrogens with one attached hydrogen (secondary N) is 1. The number of aryl methyl sites for hydroxylation is 3. The van der Waals surface area contributed by atoms with Gasteiger partial charge >= 0.3 is 5.97 Å². The maximum atomic E-state index is 12.6. The van der Waals surface area contributed by atoms with Crippen molar-refractivity contribution >= 4 is 28.5 Å². The van der Waals surface area contributed by atoms with Crippen molar-refractivity contribution in [2.75, 3.05) is 29.9 Å². The number of rotatable bonds is 6. The molecular weight excluding hydrogens is 394 g/mol. The van der Waals surface area contributed by atoms with Gasteiger partial charge < -0.3 is 15.0 Å². The van der Waals surface area contributed by atoms with Crippen LogP contribution in [0.25, 0.3) is 11.0 Å². The topological polar surface area (TPSA) is 98.1 Å². The van der Waals surface area contributed by atoms with E-state index in [2.05, 4.69) is 43.3 Å². The lowest BCUT2D eigenvalue weighted by molar-refractivity contribution is 0.0527. The fourth-order valence-corrected chi connectivity index (χ4v) is 4.13. The SMILES string of the molecule is CCOC(=O)c1cnc2c(c(C)nn2C)c1NC1CCN(c2cc(CC)ncn2)CC1. The number of anilines is 2. The number of fused-ring (bicyclic) bond motifs is 1. The molecule has 1 saturated heterocycles. The molecule has 4 rings (SSSR count). The first kappa shape index (κ1) is 21.0. The van der Waals surface area contributed by atoms with Crippen molar-refractivity contribution in [3.05, 3.63) is 35.5 Å². The van der Waals surface area contributed by atoms with Gasteiger partial charge in [-0.1, -0.05) is 6.92 Å². The molecule has 31 heavy (non-hydrogen) atoms. The van der Waals surface area contributed by atoms with Crippen LogP contribution in [-0.2, 0) is 18.2 Å². The van der Waals surface area contributed by atoms with Crippen LogP contribution in [0.5, 0.6) is 0 Å². The monoisotopic (exact) mass is 423 g/mol. The highest BCUT2D eigenvalue weighted by Gasteiger charge is 2.25. The van der Waals surface area contributed by atoms with Crippen molar-refractivity contribution in [3.8, 4) is 0 Å². The fraction of sp³-hybridized carbons (Fsp3) is 0.500. The minimum absolute atomic E-state index is 0.224. The highest BCUT2D eigenvalue weighted by atomic mass is 16.5. The zero-order valence-corrected chi connectivity index (χ0v) is 18.6. The molecule has 1 N–H and O–H groups in total. The molecule has 0 aliphatic carbocycles.